The molecule has 0 unspecified atom stereocenters. The number of rotatable bonds is 6. The maximum Gasteiger partial charge on any atom is 0.241 e. The molecule has 1 saturated heterocycles. The monoisotopic (exact) mass is 315 g/mol. The molecule has 1 heterocycles. The van der Waals surface area contributed by atoms with Crippen molar-refractivity contribution in [2.24, 2.45) is 0 Å². The molecule has 1 aliphatic heterocycles. The van der Waals surface area contributed by atoms with Crippen molar-refractivity contribution in [3.05, 3.63) is 17.7 Å². The Morgan fingerprint density at radius 3 is 2.52 bits per heavy atom. The summed E-state index contributed by atoms with van der Waals surface area (Å²) in [6.45, 7) is 2.71. The average Bonchev–Trinajstić information content (AvgIpc) is 2.98. The third-order valence-corrected chi connectivity index (χ3v) is 5.06. The largest absolute Gasteiger partial charge is 0.493 e. The first kappa shape index (κ1) is 16.1. The van der Waals surface area contributed by atoms with Gasteiger partial charge in [-0.2, -0.15) is 0 Å². The smallest absolute Gasteiger partial charge is 0.241 e. The number of methoxy groups -OCH3 is 2. The van der Waals surface area contributed by atoms with E-state index >= 15 is 0 Å². The van der Waals surface area contributed by atoms with E-state index in [9.17, 15) is 8.42 Å². The fourth-order valence-electron chi connectivity index (χ4n) is 2.34. The number of ether oxygens (including phenoxy) is 3. The van der Waals surface area contributed by atoms with Crippen LogP contribution in [0.4, 0.5) is 0 Å². The molecule has 7 heteroatoms. The Bertz CT molecular complexity index is 594. The topological polar surface area (TPSA) is 73.9 Å². The van der Waals surface area contributed by atoms with Crippen LogP contribution in [0.1, 0.15) is 18.4 Å². The van der Waals surface area contributed by atoms with E-state index in [2.05, 4.69) is 4.72 Å². The highest BCUT2D eigenvalue weighted by Gasteiger charge is 2.23. The van der Waals surface area contributed by atoms with Gasteiger partial charge in [0.15, 0.2) is 11.5 Å². The van der Waals surface area contributed by atoms with Gasteiger partial charge in [-0.15, -0.1) is 0 Å². The van der Waals surface area contributed by atoms with Gasteiger partial charge in [-0.1, -0.05) is 0 Å². The highest BCUT2D eigenvalue weighted by Crippen LogP contribution is 2.32. The minimum absolute atomic E-state index is 0.0415. The van der Waals surface area contributed by atoms with Gasteiger partial charge in [0.05, 0.1) is 25.2 Å². The van der Waals surface area contributed by atoms with Crippen LogP contribution in [-0.2, 0) is 14.8 Å². The van der Waals surface area contributed by atoms with Gasteiger partial charge in [0, 0.05) is 19.2 Å². The Morgan fingerprint density at radius 2 is 1.95 bits per heavy atom. The van der Waals surface area contributed by atoms with E-state index in [4.69, 9.17) is 14.2 Å². The standard InChI is InChI=1S/C14H21NO5S/c1-10-7-12(18-2)13(19-3)8-14(10)21(16,17)15-9-11-5-4-6-20-11/h7-8,11,15H,4-6,9H2,1-3H3/t11-/m1/s1. The molecule has 0 radical (unpaired) electrons. The first-order chi connectivity index (χ1) is 9.97. The van der Waals surface area contributed by atoms with Gasteiger partial charge in [-0.3, -0.25) is 0 Å². The van der Waals surface area contributed by atoms with Gasteiger partial charge in [0.25, 0.3) is 0 Å². The third kappa shape index (κ3) is 3.66. The van der Waals surface area contributed by atoms with Crippen molar-refractivity contribution in [3.63, 3.8) is 0 Å². The summed E-state index contributed by atoms with van der Waals surface area (Å²) >= 11 is 0. The van der Waals surface area contributed by atoms with Crippen LogP contribution in [0.3, 0.4) is 0 Å². The molecule has 1 atom stereocenters. The lowest BCUT2D eigenvalue weighted by molar-refractivity contribution is 0.114. The molecule has 0 amide bonds. The zero-order valence-electron chi connectivity index (χ0n) is 12.5. The van der Waals surface area contributed by atoms with E-state index in [1.165, 1.54) is 20.3 Å². The molecular weight excluding hydrogens is 294 g/mol. The van der Waals surface area contributed by atoms with Crippen LogP contribution in [0.2, 0.25) is 0 Å². The van der Waals surface area contributed by atoms with Crippen molar-refractivity contribution in [1.29, 1.82) is 0 Å². The summed E-state index contributed by atoms with van der Waals surface area (Å²) < 4.78 is 43.2. The second-order valence-corrected chi connectivity index (χ2v) is 6.69. The van der Waals surface area contributed by atoms with E-state index < -0.39 is 10.0 Å². The Kier molecular flexibility index (Phi) is 5.08. The van der Waals surface area contributed by atoms with Crippen LogP contribution >= 0.6 is 0 Å². The van der Waals surface area contributed by atoms with Crippen LogP contribution in [0.15, 0.2) is 17.0 Å². The van der Waals surface area contributed by atoms with Gasteiger partial charge in [-0.05, 0) is 31.4 Å². The second kappa shape index (κ2) is 6.64. The minimum atomic E-state index is -3.60. The summed E-state index contributed by atoms with van der Waals surface area (Å²) in [5.41, 5.74) is 0.604. The fourth-order valence-corrected chi connectivity index (χ4v) is 3.64. The molecule has 2 rings (SSSR count). The van der Waals surface area contributed by atoms with Crippen molar-refractivity contribution in [1.82, 2.24) is 4.72 Å². The lowest BCUT2D eigenvalue weighted by Gasteiger charge is -2.15. The summed E-state index contributed by atoms with van der Waals surface area (Å²) in [5, 5.41) is 0. The quantitative estimate of drug-likeness (QED) is 0.860. The van der Waals surface area contributed by atoms with Crippen molar-refractivity contribution >= 4 is 10.0 Å². The van der Waals surface area contributed by atoms with Crippen LogP contribution in [0.5, 0.6) is 11.5 Å². The minimum Gasteiger partial charge on any atom is -0.493 e. The molecule has 0 aliphatic carbocycles. The molecular formula is C14H21NO5S. The molecule has 21 heavy (non-hydrogen) atoms. The first-order valence-corrected chi connectivity index (χ1v) is 8.30. The zero-order valence-corrected chi connectivity index (χ0v) is 13.3. The van der Waals surface area contributed by atoms with Gasteiger partial charge < -0.3 is 14.2 Å². The van der Waals surface area contributed by atoms with Gasteiger partial charge in [-0.25, -0.2) is 13.1 Å². The van der Waals surface area contributed by atoms with E-state index in [0.29, 0.717) is 23.7 Å². The van der Waals surface area contributed by atoms with Crippen LogP contribution in [0.25, 0.3) is 0 Å². The van der Waals surface area contributed by atoms with Crippen molar-refractivity contribution in [2.45, 2.75) is 30.8 Å². The lowest BCUT2D eigenvalue weighted by atomic mass is 10.2. The second-order valence-electron chi connectivity index (χ2n) is 4.96. The fraction of sp³-hybridized carbons (Fsp3) is 0.571. The molecule has 1 aromatic carbocycles. The summed E-state index contributed by atoms with van der Waals surface area (Å²) in [6.07, 6.45) is 1.81. The molecule has 118 valence electrons. The first-order valence-electron chi connectivity index (χ1n) is 6.82. The van der Waals surface area contributed by atoms with Crippen LogP contribution in [0, 0.1) is 6.92 Å². The molecule has 1 fully saturated rings. The summed E-state index contributed by atoms with van der Waals surface area (Å²) in [4.78, 5) is 0.193. The van der Waals surface area contributed by atoms with Gasteiger partial charge in [0.1, 0.15) is 0 Å². The molecule has 1 N–H and O–H groups in total. The van der Waals surface area contributed by atoms with Gasteiger partial charge >= 0.3 is 0 Å². The van der Waals surface area contributed by atoms with Crippen LogP contribution < -0.4 is 14.2 Å². The maximum absolute atomic E-state index is 12.4. The van der Waals surface area contributed by atoms with Crippen molar-refractivity contribution in [2.75, 3.05) is 27.4 Å². The number of nitrogens with one attached hydrogen (secondary N) is 1. The summed E-state index contributed by atoms with van der Waals surface area (Å²) in [6, 6.07) is 3.13. The summed E-state index contributed by atoms with van der Waals surface area (Å²) in [5.74, 6) is 0.897. The zero-order chi connectivity index (χ0) is 15.5. The van der Waals surface area contributed by atoms with Crippen molar-refractivity contribution < 1.29 is 22.6 Å². The Labute approximate surface area is 125 Å². The molecule has 0 spiro atoms. The number of benzene rings is 1. The lowest BCUT2D eigenvalue weighted by Crippen LogP contribution is -2.32. The van der Waals surface area contributed by atoms with Crippen LogP contribution in [-0.4, -0.2) is 41.9 Å². The predicted molar refractivity (Wildman–Crippen MR) is 78.4 cm³/mol. The van der Waals surface area contributed by atoms with Crippen molar-refractivity contribution in [3.8, 4) is 11.5 Å². The molecule has 6 nitrogen and oxygen atoms in total. The molecule has 0 aromatic heterocycles. The number of hydrogen-bond acceptors (Lipinski definition) is 5. The molecule has 0 bridgehead atoms. The van der Waals surface area contributed by atoms with E-state index in [1.54, 1.807) is 13.0 Å². The SMILES string of the molecule is COc1cc(C)c(S(=O)(=O)NC[C@H]2CCCO2)cc1OC. The highest BCUT2D eigenvalue weighted by atomic mass is 32.2. The number of hydrogen-bond donors (Lipinski definition) is 1. The number of sulfonamides is 1. The molecule has 1 aromatic rings. The maximum atomic E-state index is 12.4. The summed E-state index contributed by atoms with van der Waals surface area (Å²) in [7, 11) is -0.611. The average molecular weight is 315 g/mol. The van der Waals surface area contributed by atoms with E-state index in [1.807, 2.05) is 0 Å². The predicted octanol–water partition coefficient (Wildman–Crippen LogP) is 1.47. The Balaban J connectivity index is 2.22. The number of aryl methyl sites for hydroxylation is 1. The highest BCUT2D eigenvalue weighted by molar-refractivity contribution is 7.89. The van der Waals surface area contributed by atoms with E-state index in [-0.39, 0.29) is 17.5 Å². The molecule has 0 saturated carbocycles. The Hall–Kier alpha value is -1.31. The van der Waals surface area contributed by atoms with Gasteiger partial charge in [0.2, 0.25) is 10.0 Å². The normalized spacial score (nSPS) is 18.7. The molecule has 1 aliphatic rings. The van der Waals surface area contributed by atoms with E-state index in [0.717, 1.165) is 12.8 Å². The third-order valence-electron chi connectivity index (χ3n) is 3.50. The Morgan fingerprint density at radius 1 is 1.29 bits per heavy atom.